The van der Waals surface area contributed by atoms with Gasteiger partial charge in [-0.3, -0.25) is 0 Å². The monoisotopic (exact) mass is 846 g/mol. The molecule has 8 aromatic rings. The second-order valence-electron chi connectivity index (χ2n) is 21.1. The molecule has 1 fully saturated rings. The van der Waals surface area contributed by atoms with Gasteiger partial charge in [-0.15, -0.1) is 0 Å². The van der Waals surface area contributed by atoms with Gasteiger partial charge in [0.1, 0.15) is 11.2 Å². The normalized spacial score (nSPS) is 20.4. The van der Waals surface area contributed by atoms with Crippen molar-refractivity contribution in [1.82, 2.24) is 0 Å². The zero-order chi connectivity index (χ0) is 44.0. The van der Waals surface area contributed by atoms with Crippen molar-refractivity contribution in [3.05, 3.63) is 155 Å². The molecule has 322 valence electrons. The van der Waals surface area contributed by atoms with Crippen LogP contribution in [0.2, 0.25) is 0 Å². The Kier molecular flexibility index (Phi) is 8.49. The largest absolute Gasteiger partial charge is 0.456 e. The molecule has 2 aliphatic carbocycles. The summed E-state index contributed by atoms with van der Waals surface area (Å²) in [4.78, 5) is 5.81. The number of anilines is 4. The van der Waals surface area contributed by atoms with E-state index in [1.807, 2.05) is 0 Å². The molecule has 65 heavy (non-hydrogen) atoms. The fraction of sp³-hybridized carbons (Fsp3) is 0.311. The zero-order valence-electron chi connectivity index (χ0n) is 39.1. The summed E-state index contributed by atoms with van der Waals surface area (Å²) in [5.74, 6) is 0. The van der Waals surface area contributed by atoms with E-state index < -0.39 is 0 Å². The molecule has 13 rings (SSSR count). The first-order chi connectivity index (χ1) is 31.7. The molecule has 0 amide bonds. The van der Waals surface area contributed by atoms with E-state index >= 15 is 0 Å². The van der Waals surface area contributed by atoms with Crippen LogP contribution >= 0.6 is 0 Å². The van der Waals surface area contributed by atoms with Crippen LogP contribution in [0.15, 0.2) is 132 Å². The lowest BCUT2D eigenvalue weighted by molar-refractivity contribution is 0.194. The van der Waals surface area contributed by atoms with E-state index in [4.69, 9.17) is 4.42 Å². The van der Waals surface area contributed by atoms with Crippen molar-refractivity contribution in [3.8, 4) is 33.4 Å². The Balaban J connectivity index is 1.24. The molecular formula is C61H59BN2O. The van der Waals surface area contributed by atoms with Crippen molar-refractivity contribution in [2.75, 3.05) is 9.71 Å². The van der Waals surface area contributed by atoms with Crippen LogP contribution in [0.4, 0.5) is 22.7 Å². The standard InChI is InChI=1S/C61H59BN2O/c1-7-9-20-38-28-29-49(43(34-38)40-22-12-11-13-23-40)64-50-30-31-52-54(42-25-15-17-27-51(42)65-52)53(50)45-37-44-41-24-14-16-26-46(41)59(3,4)55(44)58-56(45)62(64)48-36-39(21-10-8-2)35-47-57(48)63(58)61(6)33-19-18-32-60(47,61)5/h11-17,22-31,34-37H,7-10,18-21,32-33H2,1-6H3. The Labute approximate surface area is 385 Å². The Bertz CT molecular complexity index is 3290. The van der Waals surface area contributed by atoms with Crippen molar-refractivity contribution < 1.29 is 4.42 Å². The Morgan fingerprint density at radius 3 is 2.17 bits per heavy atom. The fourth-order valence-electron chi connectivity index (χ4n) is 13.9. The minimum absolute atomic E-state index is 0.00189. The van der Waals surface area contributed by atoms with Crippen molar-refractivity contribution >= 4 is 62.5 Å². The highest BCUT2D eigenvalue weighted by Gasteiger charge is 2.63. The molecule has 4 heteroatoms. The van der Waals surface area contributed by atoms with Crippen LogP contribution in [-0.4, -0.2) is 12.4 Å². The summed E-state index contributed by atoms with van der Waals surface area (Å²) in [5.41, 5.74) is 25.4. The SMILES string of the molecule is CCCCc1ccc(N2B3c4cc(CCCC)cc5c4N(c4c3c(cc3c4C(C)(C)c4ccccc4-3)-c3c2ccc2oc4ccccc4c32)C2(C)CCCCC52C)c(-c2ccccc2)c1. The molecule has 0 saturated heterocycles. The smallest absolute Gasteiger partial charge is 0.333 e. The summed E-state index contributed by atoms with van der Waals surface area (Å²) in [6.07, 6.45) is 11.8. The minimum Gasteiger partial charge on any atom is -0.456 e. The van der Waals surface area contributed by atoms with Gasteiger partial charge in [0.15, 0.2) is 0 Å². The number of rotatable bonds is 8. The van der Waals surface area contributed by atoms with E-state index in [1.165, 1.54) is 151 Å². The number of fused-ring (bicyclic) bond motifs is 15. The molecule has 1 aromatic heterocycles. The molecule has 3 nitrogen and oxygen atoms in total. The van der Waals surface area contributed by atoms with Gasteiger partial charge in [-0.05, 0) is 143 Å². The molecule has 0 bridgehead atoms. The first kappa shape index (κ1) is 39.4. The number of hydrogen-bond donors (Lipinski definition) is 0. The van der Waals surface area contributed by atoms with E-state index in [9.17, 15) is 0 Å². The number of aryl methyl sites for hydroxylation is 2. The van der Waals surface area contributed by atoms with Crippen LogP contribution in [0.3, 0.4) is 0 Å². The predicted molar refractivity (Wildman–Crippen MR) is 276 cm³/mol. The van der Waals surface area contributed by atoms with Crippen LogP contribution in [0, 0.1) is 0 Å². The summed E-state index contributed by atoms with van der Waals surface area (Å²) in [6.45, 7) is 14.9. The molecule has 7 aromatic carbocycles. The summed E-state index contributed by atoms with van der Waals surface area (Å²) in [7, 11) is 0. The Morgan fingerprint density at radius 1 is 0.600 bits per heavy atom. The van der Waals surface area contributed by atoms with Gasteiger partial charge in [0.25, 0.3) is 0 Å². The van der Waals surface area contributed by atoms with Gasteiger partial charge in [0, 0.05) is 55.5 Å². The quantitative estimate of drug-likeness (QED) is 0.142. The molecule has 0 radical (unpaired) electrons. The second-order valence-corrected chi connectivity index (χ2v) is 21.1. The molecule has 0 N–H and O–H groups in total. The first-order valence-corrected chi connectivity index (χ1v) is 24.9. The van der Waals surface area contributed by atoms with Crippen LogP contribution in [-0.2, 0) is 23.7 Å². The van der Waals surface area contributed by atoms with Gasteiger partial charge in [-0.25, -0.2) is 0 Å². The number of benzene rings is 7. The number of nitrogens with zero attached hydrogens (tertiary/aromatic N) is 2. The molecule has 0 spiro atoms. The number of furan rings is 1. The highest BCUT2D eigenvalue weighted by Crippen LogP contribution is 2.66. The lowest BCUT2D eigenvalue weighted by Gasteiger charge is -2.54. The molecule has 2 unspecified atom stereocenters. The van der Waals surface area contributed by atoms with Crippen LogP contribution in [0.5, 0.6) is 0 Å². The molecular weight excluding hydrogens is 787 g/mol. The second kappa shape index (κ2) is 14.0. The Morgan fingerprint density at radius 2 is 1.34 bits per heavy atom. The van der Waals surface area contributed by atoms with Crippen molar-refractivity contribution in [3.63, 3.8) is 0 Å². The third-order valence-electron chi connectivity index (χ3n) is 17.3. The summed E-state index contributed by atoms with van der Waals surface area (Å²) in [5, 5.41) is 2.40. The average Bonchev–Trinajstić information content (AvgIpc) is 3.90. The maximum absolute atomic E-state index is 6.83. The van der Waals surface area contributed by atoms with Crippen molar-refractivity contribution in [2.24, 2.45) is 0 Å². The maximum Gasteiger partial charge on any atom is 0.333 e. The number of unbranched alkanes of at least 4 members (excludes halogenated alkanes) is 2. The maximum atomic E-state index is 6.83. The molecule has 2 atom stereocenters. The highest BCUT2D eigenvalue weighted by molar-refractivity contribution is 6.94. The highest BCUT2D eigenvalue weighted by atomic mass is 16.3. The van der Waals surface area contributed by atoms with Gasteiger partial charge in [0.2, 0.25) is 0 Å². The van der Waals surface area contributed by atoms with Crippen LogP contribution in [0.1, 0.15) is 121 Å². The summed E-state index contributed by atoms with van der Waals surface area (Å²) >= 11 is 0. The predicted octanol–water partition coefficient (Wildman–Crippen LogP) is 15.2. The lowest BCUT2D eigenvalue weighted by atomic mass is 9.42. The summed E-state index contributed by atoms with van der Waals surface area (Å²) in [6, 6.07) is 49.4. The third kappa shape index (κ3) is 5.15. The summed E-state index contributed by atoms with van der Waals surface area (Å²) < 4.78 is 6.83. The van der Waals surface area contributed by atoms with Gasteiger partial charge in [-0.1, -0.05) is 151 Å². The average molecular weight is 847 g/mol. The van der Waals surface area contributed by atoms with Gasteiger partial charge < -0.3 is 14.1 Å². The number of hydrogen-bond acceptors (Lipinski definition) is 3. The third-order valence-corrected chi connectivity index (χ3v) is 17.3. The van der Waals surface area contributed by atoms with Crippen LogP contribution in [0.25, 0.3) is 55.3 Å². The molecule has 5 aliphatic rings. The minimum atomic E-state index is -0.209. The van der Waals surface area contributed by atoms with E-state index in [0.29, 0.717) is 0 Å². The molecule has 1 saturated carbocycles. The zero-order valence-corrected chi connectivity index (χ0v) is 39.1. The topological polar surface area (TPSA) is 19.6 Å². The van der Waals surface area contributed by atoms with Crippen molar-refractivity contribution in [1.29, 1.82) is 0 Å². The molecule has 3 aliphatic heterocycles. The van der Waals surface area contributed by atoms with E-state index in [-0.39, 0.29) is 23.2 Å². The van der Waals surface area contributed by atoms with Crippen LogP contribution < -0.4 is 20.6 Å². The van der Waals surface area contributed by atoms with E-state index in [1.54, 1.807) is 5.56 Å². The van der Waals surface area contributed by atoms with Gasteiger partial charge in [-0.2, -0.15) is 0 Å². The first-order valence-electron chi connectivity index (χ1n) is 24.9. The lowest BCUT2D eigenvalue weighted by Crippen LogP contribution is -2.65. The fourth-order valence-corrected chi connectivity index (χ4v) is 13.9. The van der Waals surface area contributed by atoms with Gasteiger partial charge in [0.05, 0.1) is 5.54 Å². The van der Waals surface area contributed by atoms with Gasteiger partial charge >= 0.3 is 6.85 Å². The van der Waals surface area contributed by atoms with E-state index in [2.05, 4.69) is 179 Å². The molecule has 4 heterocycles. The van der Waals surface area contributed by atoms with E-state index in [0.717, 1.165) is 24.0 Å². The van der Waals surface area contributed by atoms with Crippen molar-refractivity contribution in [2.45, 2.75) is 122 Å². The Hall–Kier alpha value is -6.00. The number of para-hydroxylation sites is 1.